The molecule has 1 aromatic carbocycles. The molecule has 1 N–H and O–H groups in total. The largest absolute Gasteiger partial charge is 0.497 e. The summed E-state index contributed by atoms with van der Waals surface area (Å²) in [5, 5.41) is 2.92. The highest BCUT2D eigenvalue weighted by molar-refractivity contribution is 5.97. The fourth-order valence-corrected chi connectivity index (χ4v) is 1.48. The van der Waals surface area contributed by atoms with Crippen molar-refractivity contribution in [2.75, 3.05) is 14.2 Å². The SMILES string of the molecule is COc1ccc(C(=O)NC2CC2)c(OC)c1. The molecule has 1 aliphatic rings. The zero-order valence-corrected chi connectivity index (χ0v) is 9.45. The Labute approximate surface area is 94.6 Å². The summed E-state index contributed by atoms with van der Waals surface area (Å²) in [6.07, 6.45) is 2.15. The number of ether oxygens (including phenoxy) is 2. The van der Waals surface area contributed by atoms with E-state index in [9.17, 15) is 4.79 Å². The first-order chi connectivity index (χ1) is 7.74. The van der Waals surface area contributed by atoms with Crippen molar-refractivity contribution < 1.29 is 14.3 Å². The van der Waals surface area contributed by atoms with Gasteiger partial charge in [-0.2, -0.15) is 0 Å². The summed E-state index contributed by atoms with van der Waals surface area (Å²) in [6, 6.07) is 5.53. The highest BCUT2D eigenvalue weighted by Gasteiger charge is 2.25. The molecule has 1 aromatic rings. The maximum Gasteiger partial charge on any atom is 0.255 e. The smallest absolute Gasteiger partial charge is 0.255 e. The van der Waals surface area contributed by atoms with Crippen LogP contribution >= 0.6 is 0 Å². The summed E-state index contributed by atoms with van der Waals surface area (Å²) in [6.45, 7) is 0. The normalized spacial score (nSPS) is 14.4. The van der Waals surface area contributed by atoms with Gasteiger partial charge in [0.15, 0.2) is 0 Å². The van der Waals surface area contributed by atoms with Crippen molar-refractivity contribution in [3.63, 3.8) is 0 Å². The van der Waals surface area contributed by atoms with Gasteiger partial charge in [0.05, 0.1) is 19.8 Å². The molecular formula is C12H15NO3. The van der Waals surface area contributed by atoms with Crippen LogP contribution in [0.2, 0.25) is 0 Å². The molecule has 0 bridgehead atoms. The van der Waals surface area contributed by atoms with Crippen molar-refractivity contribution in [2.45, 2.75) is 18.9 Å². The summed E-state index contributed by atoms with van der Waals surface area (Å²) in [5.41, 5.74) is 0.551. The molecule has 4 heteroatoms. The number of amides is 1. The number of methoxy groups -OCH3 is 2. The monoisotopic (exact) mass is 221 g/mol. The molecule has 0 saturated heterocycles. The number of hydrogen-bond donors (Lipinski definition) is 1. The lowest BCUT2D eigenvalue weighted by Gasteiger charge is -2.10. The predicted octanol–water partition coefficient (Wildman–Crippen LogP) is 1.60. The number of benzene rings is 1. The van der Waals surface area contributed by atoms with Crippen molar-refractivity contribution in [3.05, 3.63) is 23.8 Å². The minimum absolute atomic E-state index is 0.0815. The van der Waals surface area contributed by atoms with Crippen molar-refractivity contribution in [1.82, 2.24) is 5.32 Å². The maximum atomic E-state index is 11.8. The van der Waals surface area contributed by atoms with Gasteiger partial charge in [-0.15, -0.1) is 0 Å². The Kier molecular flexibility index (Phi) is 2.99. The van der Waals surface area contributed by atoms with Gasteiger partial charge in [0.25, 0.3) is 5.91 Å². The first kappa shape index (κ1) is 10.8. The second kappa shape index (κ2) is 4.43. The van der Waals surface area contributed by atoms with Gasteiger partial charge in [-0.05, 0) is 25.0 Å². The molecule has 0 aliphatic heterocycles. The Hall–Kier alpha value is -1.71. The number of nitrogens with one attached hydrogen (secondary N) is 1. The Balaban J connectivity index is 2.20. The van der Waals surface area contributed by atoms with Crippen LogP contribution in [-0.4, -0.2) is 26.2 Å². The van der Waals surface area contributed by atoms with Crippen LogP contribution in [0, 0.1) is 0 Å². The number of hydrogen-bond acceptors (Lipinski definition) is 3. The van der Waals surface area contributed by atoms with Crippen LogP contribution in [0.4, 0.5) is 0 Å². The number of rotatable bonds is 4. The van der Waals surface area contributed by atoms with Gasteiger partial charge in [0.1, 0.15) is 11.5 Å². The van der Waals surface area contributed by atoms with Crippen molar-refractivity contribution in [1.29, 1.82) is 0 Å². The van der Waals surface area contributed by atoms with Gasteiger partial charge in [-0.25, -0.2) is 0 Å². The first-order valence-electron chi connectivity index (χ1n) is 5.27. The third-order valence-electron chi connectivity index (χ3n) is 2.57. The Morgan fingerprint density at radius 3 is 2.62 bits per heavy atom. The van der Waals surface area contributed by atoms with Crippen LogP contribution in [0.3, 0.4) is 0 Å². The topological polar surface area (TPSA) is 47.6 Å². The zero-order valence-electron chi connectivity index (χ0n) is 9.45. The van der Waals surface area contributed by atoms with E-state index in [-0.39, 0.29) is 5.91 Å². The molecule has 1 amide bonds. The summed E-state index contributed by atoms with van der Waals surface area (Å²) >= 11 is 0. The van der Waals surface area contributed by atoms with E-state index in [1.54, 1.807) is 32.4 Å². The van der Waals surface area contributed by atoms with Gasteiger partial charge in [-0.1, -0.05) is 0 Å². The van der Waals surface area contributed by atoms with E-state index in [2.05, 4.69) is 5.32 Å². The minimum atomic E-state index is -0.0815. The highest BCUT2D eigenvalue weighted by Crippen LogP contribution is 2.26. The summed E-state index contributed by atoms with van der Waals surface area (Å²) < 4.78 is 10.2. The van der Waals surface area contributed by atoms with Crippen molar-refractivity contribution in [2.24, 2.45) is 0 Å². The molecule has 1 saturated carbocycles. The molecule has 0 radical (unpaired) electrons. The minimum Gasteiger partial charge on any atom is -0.497 e. The Morgan fingerprint density at radius 1 is 1.31 bits per heavy atom. The second-order valence-electron chi connectivity index (χ2n) is 3.81. The van der Waals surface area contributed by atoms with Crippen LogP contribution in [0.15, 0.2) is 18.2 Å². The average molecular weight is 221 g/mol. The third-order valence-corrected chi connectivity index (χ3v) is 2.57. The van der Waals surface area contributed by atoms with Crippen LogP contribution in [-0.2, 0) is 0 Å². The molecular weight excluding hydrogens is 206 g/mol. The van der Waals surface area contributed by atoms with E-state index in [0.717, 1.165) is 12.8 Å². The van der Waals surface area contributed by atoms with Crippen LogP contribution in [0.25, 0.3) is 0 Å². The van der Waals surface area contributed by atoms with Gasteiger partial charge in [0.2, 0.25) is 0 Å². The quantitative estimate of drug-likeness (QED) is 0.840. The van der Waals surface area contributed by atoms with E-state index < -0.39 is 0 Å². The maximum absolute atomic E-state index is 11.8. The van der Waals surface area contributed by atoms with Gasteiger partial charge >= 0.3 is 0 Å². The molecule has 2 rings (SSSR count). The van der Waals surface area contributed by atoms with Crippen LogP contribution in [0.1, 0.15) is 23.2 Å². The summed E-state index contributed by atoms with van der Waals surface area (Å²) in [4.78, 5) is 11.8. The zero-order chi connectivity index (χ0) is 11.5. The first-order valence-corrected chi connectivity index (χ1v) is 5.27. The van der Waals surface area contributed by atoms with E-state index in [1.807, 2.05) is 0 Å². The lowest BCUT2D eigenvalue weighted by atomic mass is 10.1. The van der Waals surface area contributed by atoms with Crippen molar-refractivity contribution in [3.8, 4) is 11.5 Å². The van der Waals surface area contributed by atoms with E-state index in [1.165, 1.54) is 0 Å². The fraction of sp³-hybridized carbons (Fsp3) is 0.417. The fourth-order valence-electron chi connectivity index (χ4n) is 1.48. The van der Waals surface area contributed by atoms with E-state index in [4.69, 9.17) is 9.47 Å². The van der Waals surface area contributed by atoms with Gasteiger partial charge in [-0.3, -0.25) is 4.79 Å². The van der Waals surface area contributed by atoms with Crippen molar-refractivity contribution >= 4 is 5.91 Å². The molecule has 0 aromatic heterocycles. The highest BCUT2D eigenvalue weighted by atomic mass is 16.5. The molecule has 0 unspecified atom stereocenters. The average Bonchev–Trinajstić information content (AvgIpc) is 3.11. The summed E-state index contributed by atoms with van der Waals surface area (Å²) in [7, 11) is 3.13. The molecule has 0 spiro atoms. The van der Waals surface area contributed by atoms with Crippen LogP contribution < -0.4 is 14.8 Å². The number of carbonyl (C=O) groups is 1. The Bertz CT molecular complexity index is 399. The number of carbonyl (C=O) groups excluding carboxylic acids is 1. The molecule has 0 atom stereocenters. The van der Waals surface area contributed by atoms with Gasteiger partial charge in [0, 0.05) is 12.1 Å². The molecule has 86 valence electrons. The Morgan fingerprint density at radius 2 is 2.06 bits per heavy atom. The molecule has 1 fully saturated rings. The standard InChI is InChI=1S/C12H15NO3/c1-15-9-5-6-10(11(7-9)16-2)12(14)13-8-3-4-8/h5-8H,3-4H2,1-2H3,(H,13,14). The lowest BCUT2D eigenvalue weighted by molar-refractivity contribution is 0.0948. The predicted molar refractivity (Wildman–Crippen MR) is 60.0 cm³/mol. The summed E-state index contributed by atoms with van der Waals surface area (Å²) in [5.74, 6) is 1.14. The second-order valence-corrected chi connectivity index (χ2v) is 3.81. The molecule has 4 nitrogen and oxygen atoms in total. The molecule has 1 aliphatic carbocycles. The van der Waals surface area contributed by atoms with Gasteiger partial charge < -0.3 is 14.8 Å². The lowest BCUT2D eigenvalue weighted by Crippen LogP contribution is -2.25. The molecule has 0 heterocycles. The third kappa shape index (κ3) is 2.27. The molecule has 16 heavy (non-hydrogen) atoms. The van der Waals surface area contributed by atoms with E-state index in [0.29, 0.717) is 23.1 Å². The van der Waals surface area contributed by atoms with E-state index >= 15 is 0 Å². The van der Waals surface area contributed by atoms with Crippen LogP contribution in [0.5, 0.6) is 11.5 Å².